The van der Waals surface area contributed by atoms with Crippen molar-refractivity contribution in [3.05, 3.63) is 5.01 Å². The molecule has 8 nitrogen and oxygen atoms in total. The number of hydrogen-bond donors (Lipinski definition) is 2. The average Bonchev–Trinajstić information content (AvgIpc) is 2.80. The van der Waals surface area contributed by atoms with Gasteiger partial charge < -0.3 is 14.7 Å². The van der Waals surface area contributed by atoms with E-state index in [1.54, 1.807) is 0 Å². The standard InChI is InChI=1S/C12H20N4O4S/c1-8(2)6-9-14-15-11(21-9)13-12(19)16(4-5-20-3)7-10(17)18/h8H,4-7H2,1-3H3,(H,17,18)(H,13,15,19). The van der Waals surface area contributed by atoms with Crippen LogP contribution in [0.1, 0.15) is 18.9 Å². The molecule has 21 heavy (non-hydrogen) atoms. The van der Waals surface area contributed by atoms with Gasteiger partial charge in [0, 0.05) is 20.1 Å². The Kier molecular flexibility index (Phi) is 7.03. The van der Waals surface area contributed by atoms with Gasteiger partial charge in [0.15, 0.2) is 0 Å². The average molecular weight is 316 g/mol. The lowest BCUT2D eigenvalue weighted by molar-refractivity contribution is -0.137. The van der Waals surface area contributed by atoms with Crippen molar-refractivity contribution in [3.63, 3.8) is 0 Å². The molecule has 0 spiro atoms. The lowest BCUT2D eigenvalue weighted by atomic mass is 10.1. The van der Waals surface area contributed by atoms with E-state index in [2.05, 4.69) is 29.4 Å². The molecule has 0 radical (unpaired) electrons. The van der Waals surface area contributed by atoms with Gasteiger partial charge in [-0.05, 0) is 5.92 Å². The van der Waals surface area contributed by atoms with E-state index < -0.39 is 18.5 Å². The van der Waals surface area contributed by atoms with Crippen LogP contribution in [0.3, 0.4) is 0 Å². The van der Waals surface area contributed by atoms with Crippen LogP contribution in [-0.4, -0.2) is 59.0 Å². The predicted molar refractivity (Wildman–Crippen MR) is 78.6 cm³/mol. The highest BCUT2D eigenvalue weighted by Crippen LogP contribution is 2.18. The number of carbonyl (C=O) groups is 2. The lowest BCUT2D eigenvalue weighted by Crippen LogP contribution is -2.40. The van der Waals surface area contributed by atoms with Crippen molar-refractivity contribution < 1.29 is 19.4 Å². The SMILES string of the molecule is COCCN(CC(=O)O)C(=O)Nc1nnc(CC(C)C)s1. The number of hydrogen-bond acceptors (Lipinski definition) is 6. The van der Waals surface area contributed by atoms with Crippen LogP contribution in [-0.2, 0) is 16.0 Å². The van der Waals surface area contributed by atoms with E-state index in [9.17, 15) is 9.59 Å². The van der Waals surface area contributed by atoms with Crippen LogP contribution < -0.4 is 5.32 Å². The summed E-state index contributed by atoms with van der Waals surface area (Å²) in [5.74, 6) is -0.634. The van der Waals surface area contributed by atoms with Gasteiger partial charge in [0.05, 0.1) is 6.61 Å². The molecule has 1 aromatic heterocycles. The minimum Gasteiger partial charge on any atom is -0.480 e. The fraction of sp³-hybridized carbons (Fsp3) is 0.667. The van der Waals surface area contributed by atoms with E-state index in [-0.39, 0.29) is 13.2 Å². The topological polar surface area (TPSA) is 105 Å². The first-order valence-corrected chi connectivity index (χ1v) is 7.33. The third-order valence-corrected chi connectivity index (χ3v) is 3.30. The van der Waals surface area contributed by atoms with Crippen molar-refractivity contribution in [1.29, 1.82) is 0 Å². The maximum absolute atomic E-state index is 12.0. The van der Waals surface area contributed by atoms with E-state index >= 15 is 0 Å². The number of aliphatic carboxylic acids is 1. The second kappa shape index (κ2) is 8.53. The molecule has 0 aromatic carbocycles. The largest absolute Gasteiger partial charge is 0.480 e. The van der Waals surface area contributed by atoms with E-state index in [0.29, 0.717) is 11.0 Å². The van der Waals surface area contributed by atoms with Crippen molar-refractivity contribution in [2.45, 2.75) is 20.3 Å². The molecule has 0 atom stereocenters. The number of amides is 2. The monoisotopic (exact) mass is 316 g/mol. The number of carbonyl (C=O) groups excluding carboxylic acids is 1. The van der Waals surface area contributed by atoms with Crippen LogP contribution >= 0.6 is 11.3 Å². The number of carboxylic acid groups (broad SMARTS) is 1. The molecular weight excluding hydrogens is 296 g/mol. The number of carboxylic acids is 1. The first-order chi connectivity index (χ1) is 9.92. The Labute approximate surface area is 127 Å². The summed E-state index contributed by atoms with van der Waals surface area (Å²) in [6, 6.07) is -0.526. The van der Waals surface area contributed by atoms with Gasteiger partial charge in [0.25, 0.3) is 0 Å². The highest BCUT2D eigenvalue weighted by Gasteiger charge is 2.18. The first-order valence-electron chi connectivity index (χ1n) is 6.51. The smallest absolute Gasteiger partial charge is 0.324 e. The van der Waals surface area contributed by atoms with E-state index in [0.717, 1.165) is 16.3 Å². The van der Waals surface area contributed by atoms with Crippen molar-refractivity contribution in [2.75, 3.05) is 32.1 Å². The van der Waals surface area contributed by atoms with E-state index in [1.165, 1.54) is 18.4 Å². The van der Waals surface area contributed by atoms with Gasteiger partial charge in [-0.2, -0.15) is 0 Å². The number of rotatable bonds is 8. The first kappa shape index (κ1) is 17.3. The van der Waals surface area contributed by atoms with Crippen LogP contribution in [0.5, 0.6) is 0 Å². The van der Waals surface area contributed by atoms with Gasteiger partial charge in [0.1, 0.15) is 11.6 Å². The molecule has 0 saturated heterocycles. The molecule has 118 valence electrons. The second-order valence-corrected chi connectivity index (χ2v) is 5.90. The molecule has 1 heterocycles. The van der Waals surface area contributed by atoms with E-state index in [4.69, 9.17) is 9.84 Å². The zero-order valence-corrected chi connectivity index (χ0v) is 13.1. The molecule has 0 aliphatic rings. The molecule has 0 aliphatic heterocycles. The molecule has 0 aliphatic carbocycles. The van der Waals surface area contributed by atoms with Crippen LogP contribution in [0.15, 0.2) is 0 Å². The summed E-state index contributed by atoms with van der Waals surface area (Å²) in [5, 5.41) is 20.4. The zero-order valence-electron chi connectivity index (χ0n) is 12.3. The van der Waals surface area contributed by atoms with Crippen molar-refractivity contribution >= 4 is 28.5 Å². The third-order valence-electron chi connectivity index (χ3n) is 2.44. The van der Waals surface area contributed by atoms with Gasteiger partial charge in [0.2, 0.25) is 5.13 Å². The predicted octanol–water partition coefficient (Wildman–Crippen LogP) is 1.30. The number of nitrogens with one attached hydrogen (secondary N) is 1. The van der Waals surface area contributed by atoms with Crippen molar-refractivity contribution in [2.24, 2.45) is 5.92 Å². The fourth-order valence-corrected chi connectivity index (χ4v) is 2.47. The normalized spacial score (nSPS) is 10.7. The Balaban J connectivity index is 2.62. The van der Waals surface area contributed by atoms with Gasteiger partial charge in [-0.25, -0.2) is 4.79 Å². The molecule has 0 fully saturated rings. The third kappa shape index (κ3) is 6.50. The maximum Gasteiger partial charge on any atom is 0.324 e. The van der Waals surface area contributed by atoms with Gasteiger partial charge >= 0.3 is 12.0 Å². The lowest BCUT2D eigenvalue weighted by Gasteiger charge is -2.19. The molecule has 0 bridgehead atoms. The van der Waals surface area contributed by atoms with Crippen LogP contribution in [0.2, 0.25) is 0 Å². The molecule has 1 aromatic rings. The number of aromatic nitrogens is 2. The van der Waals surface area contributed by atoms with Gasteiger partial charge in [-0.1, -0.05) is 25.2 Å². The molecule has 2 amide bonds. The Morgan fingerprint density at radius 1 is 1.43 bits per heavy atom. The Hall–Kier alpha value is -1.74. The van der Waals surface area contributed by atoms with Crippen LogP contribution in [0.4, 0.5) is 9.93 Å². The van der Waals surface area contributed by atoms with Crippen molar-refractivity contribution in [1.82, 2.24) is 15.1 Å². The summed E-state index contributed by atoms with van der Waals surface area (Å²) in [6.07, 6.45) is 0.788. The fourth-order valence-electron chi connectivity index (χ4n) is 1.52. The number of methoxy groups -OCH3 is 1. The Morgan fingerprint density at radius 3 is 2.71 bits per heavy atom. The van der Waals surface area contributed by atoms with Crippen LogP contribution in [0.25, 0.3) is 0 Å². The maximum atomic E-state index is 12.0. The number of nitrogens with zero attached hydrogens (tertiary/aromatic N) is 3. The molecular formula is C12H20N4O4S. The van der Waals surface area contributed by atoms with Gasteiger partial charge in [-0.15, -0.1) is 10.2 Å². The van der Waals surface area contributed by atoms with Gasteiger partial charge in [-0.3, -0.25) is 10.1 Å². The summed E-state index contributed by atoms with van der Waals surface area (Å²) >= 11 is 1.29. The molecule has 0 unspecified atom stereocenters. The summed E-state index contributed by atoms with van der Waals surface area (Å²) in [7, 11) is 1.49. The van der Waals surface area contributed by atoms with Crippen molar-refractivity contribution in [3.8, 4) is 0 Å². The Bertz CT molecular complexity index is 478. The number of anilines is 1. The van der Waals surface area contributed by atoms with E-state index in [1.807, 2.05) is 0 Å². The number of urea groups is 1. The summed E-state index contributed by atoms with van der Waals surface area (Å²) in [5.41, 5.74) is 0. The molecule has 2 N–H and O–H groups in total. The minimum atomic E-state index is -1.08. The summed E-state index contributed by atoms with van der Waals surface area (Å²) in [4.78, 5) is 23.9. The Morgan fingerprint density at radius 2 is 2.14 bits per heavy atom. The second-order valence-electron chi connectivity index (χ2n) is 4.84. The molecule has 9 heteroatoms. The molecule has 1 rings (SSSR count). The highest BCUT2D eigenvalue weighted by atomic mass is 32.1. The minimum absolute atomic E-state index is 0.187. The van der Waals surface area contributed by atoms with Crippen LogP contribution in [0, 0.1) is 5.92 Å². The number of ether oxygens (including phenoxy) is 1. The quantitative estimate of drug-likeness (QED) is 0.749. The zero-order chi connectivity index (χ0) is 15.8. The summed E-state index contributed by atoms with van der Waals surface area (Å²) in [6.45, 7) is 4.19. The molecule has 0 saturated carbocycles. The summed E-state index contributed by atoms with van der Waals surface area (Å²) < 4.78 is 4.86. The highest BCUT2D eigenvalue weighted by molar-refractivity contribution is 7.15.